The number of likely N-dealkylation sites (N-methyl/N-ethyl adjacent to an activating group) is 1. The standard InChI is InChI=1S/C14H21ClN2O/c1-3-17(4-2)14(18)12(9-10-16)11-7-5-6-8-13(11)15/h5-8,12H,3-4,9-10,16H2,1-2H3. The molecular formula is C14H21ClN2O. The largest absolute Gasteiger partial charge is 0.343 e. The summed E-state index contributed by atoms with van der Waals surface area (Å²) in [4.78, 5) is 14.3. The zero-order chi connectivity index (χ0) is 13.5. The van der Waals surface area contributed by atoms with Crippen LogP contribution in [0.1, 0.15) is 31.7 Å². The average Bonchev–Trinajstić information content (AvgIpc) is 2.38. The van der Waals surface area contributed by atoms with Crippen LogP contribution in [0.5, 0.6) is 0 Å². The van der Waals surface area contributed by atoms with Crippen molar-refractivity contribution in [2.24, 2.45) is 5.73 Å². The summed E-state index contributed by atoms with van der Waals surface area (Å²) >= 11 is 6.18. The van der Waals surface area contributed by atoms with Crippen molar-refractivity contribution in [1.82, 2.24) is 4.90 Å². The van der Waals surface area contributed by atoms with Crippen molar-refractivity contribution in [3.05, 3.63) is 34.9 Å². The molecule has 0 saturated carbocycles. The molecule has 1 amide bonds. The maximum atomic E-state index is 12.5. The number of amides is 1. The van der Waals surface area contributed by atoms with E-state index in [1.165, 1.54) is 0 Å². The van der Waals surface area contributed by atoms with E-state index in [4.69, 9.17) is 17.3 Å². The highest BCUT2D eigenvalue weighted by Gasteiger charge is 2.25. The normalized spacial score (nSPS) is 12.2. The van der Waals surface area contributed by atoms with E-state index in [0.717, 1.165) is 5.56 Å². The van der Waals surface area contributed by atoms with Crippen molar-refractivity contribution in [2.45, 2.75) is 26.2 Å². The van der Waals surface area contributed by atoms with Crippen LogP contribution in [0.4, 0.5) is 0 Å². The van der Waals surface area contributed by atoms with E-state index in [2.05, 4.69) is 0 Å². The SMILES string of the molecule is CCN(CC)C(=O)C(CCN)c1ccccc1Cl. The van der Waals surface area contributed by atoms with Crippen LogP contribution in [0, 0.1) is 0 Å². The second kappa shape index (κ2) is 7.39. The van der Waals surface area contributed by atoms with E-state index in [1.807, 2.05) is 43.0 Å². The molecule has 4 heteroatoms. The number of hydrogen-bond donors (Lipinski definition) is 1. The van der Waals surface area contributed by atoms with E-state index >= 15 is 0 Å². The van der Waals surface area contributed by atoms with Gasteiger partial charge in [-0.05, 0) is 38.4 Å². The fourth-order valence-corrected chi connectivity index (χ4v) is 2.36. The van der Waals surface area contributed by atoms with Gasteiger partial charge in [0, 0.05) is 18.1 Å². The Labute approximate surface area is 114 Å². The molecule has 0 aliphatic heterocycles. The molecule has 1 aromatic carbocycles. The summed E-state index contributed by atoms with van der Waals surface area (Å²) in [6.45, 7) is 5.85. The van der Waals surface area contributed by atoms with Gasteiger partial charge in [-0.15, -0.1) is 0 Å². The lowest BCUT2D eigenvalue weighted by Gasteiger charge is -2.25. The molecule has 0 radical (unpaired) electrons. The molecule has 1 aromatic rings. The molecule has 3 nitrogen and oxygen atoms in total. The van der Waals surface area contributed by atoms with Gasteiger partial charge < -0.3 is 10.6 Å². The van der Waals surface area contributed by atoms with Gasteiger partial charge in [0.2, 0.25) is 5.91 Å². The third-order valence-corrected chi connectivity index (χ3v) is 3.45. The number of carbonyl (C=O) groups is 1. The highest BCUT2D eigenvalue weighted by Crippen LogP contribution is 2.28. The highest BCUT2D eigenvalue weighted by molar-refractivity contribution is 6.31. The summed E-state index contributed by atoms with van der Waals surface area (Å²) in [5, 5.41) is 0.636. The molecule has 0 saturated heterocycles. The van der Waals surface area contributed by atoms with Crippen molar-refractivity contribution in [3.8, 4) is 0 Å². The lowest BCUT2D eigenvalue weighted by molar-refractivity contribution is -0.132. The monoisotopic (exact) mass is 268 g/mol. The van der Waals surface area contributed by atoms with Crippen LogP contribution >= 0.6 is 11.6 Å². The Morgan fingerprint density at radius 3 is 2.44 bits per heavy atom. The molecule has 0 aliphatic carbocycles. The van der Waals surface area contributed by atoms with E-state index in [0.29, 0.717) is 31.1 Å². The Bertz CT molecular complexity index is 391. The van der Waals surface area contributed by atoms with E-state index in [9.17, 15) is 4.79 Å². The number of benzene rings is 1. The lowest BCUT2D eigenvalue weighted by atomic mass is 9.94. The second-order valence-electron chi connectivity index (χ2n) is 4.16. The maximum Gasteiger partial charge on any atom is 0.230 e. The number of nitrogens with two attached hydrogens (primary N) is 1. The smallest absolute Gasteiger partial charge is 0.230 e. The molecule has 0 spiro atoms. The Morgan fingerprint density at radius 2 is 1.94 bits per heavy atom. The van der Waals surface area contributed by atoms with Gasteiger partial charge in [0.25, 0.3) is 0 Å². The fourth-order valence-electron chi connectivity index (χ4n) is 2.09. The number of nitrogens with zero attached hydrogens (tertiary/aromatic N) is 1. The minimum absolute atomic E-state index is 0.110. The van der Waals surface area contributed by atoms with Crippen molar-refractivity contribution in [3.63, 3.8) is 0 Å². The Hall–Kier alpha value is -1.06. The first kappa shape index (κ1) is 15.0. The highest BCUT2D eigenvalue weighted by atomic mass is 35.5. The summed E-state index contributed by atoms with van der Waals surface area (Å²) < 4.78 is 0. The van der Waals surface area contributed by atoms with Gasteiger partial charge in [0.05, 0.1) is 5.92 Å². The summed E-state index contributed by atoms with van der Waals surface area (Å²) in [5.41, 5.74) is 6.50. The van der Waals surface area contributed by atoms with Gasteiger partial charge in [0.15, 0.2) is 0 Å². The predicted octanol–water partition coefficient (Wildman–Crippen LogP) is 2.64. The molecule has 1 atom stereocenters. The number of rotatable bonds is 6. The number of hydrogen-bond acceptors (Lipinski definition) is 2. The zero-order valence-electron chi connectivity index (χ0n) is 11.0. The molecule has 1 unspecified atom stereocenters. The quantitative estimate of drug-likeness (QED) is 0.862. The molecule has 100 valence electrons. The summed E-state index contributed by atoms with van der Waals surface area (Å²) in [6, 6.07) is 7.49. The van der Waals surface area contributed by atoms with Crippen molar-refractivity contribution < 1.29 is 4.79 Å². The maximum absolute atomic E-state index is 12.5. The molecule has 0 aliphatic rings. The zero-order valence-corrected chi connectivity index (χ0v) is 11.8. The Kier molecular flexibility index (Phi) is 6.16. The van der Waals surface area contributed by atoms with Gasteiger partial charge in [-0.2, -0.15) is 0 Å². The van der Waals surface area contributed by atoms with Crippen LogP contribution in [0.25, 0.3) is 0 Å². The average molecular weight is 269 g/mol. The van der Waals surface area contributed by atoms with Crippen LogP contribution in [0.15, 0.2) is 24.3 Å². The fraction of sp³-hybridized carbons (Fsp3) is 0.500. The van der Waals surface area contributed by atoms with E-state index in [1.54, 1.807) is 0 Å². The van der Waals surface area contributed by atoms with Crippen LogP contribution in [-0.4, -0.2) is 30.4 Å². The van der Waals surface area contributed by atoms with Crippen molar-refractivity contribution >= 4 is 17.5 Å². The topological polar surface area (TPSA) is 46.3 Å². The van der Waals surface area contributed by atoms with Crippen LogP contribution in [0.3, 0.4) is 0 Å². The Balaban J connectivity index is 3.02. The molecule has 2 N–H and O–H groups in total. The molecule has 18 heavy (non-hydrogen) atoms. The van der Waals surface area contributed by atoms with Crippen LogP contribution < -0.4 is 5.73 Å². The van der Waals surface area contributed by atoms with Crippen molar-refractivity contribution in [1.29, 1.82) is 0 Å². The second-order valence-corrected chi connectivity index (χ2v) is 4.57. The van der Waals surface area contributed by atoms with Gasteiger partial charge >= 0.3 is 0 Å². The van der Waals surface area contributed by atoms with Gasteiger partial charge in [-0.3, -0.25) is 4.79 Å². The number of halogens is 1. The molecule has 0 heterocycles. The first-order chi connectivity index (χ1) is 8.65. The predicted molar refractivity (Wildman–Crippen MR) is 75.8 cm³/mol. The van der Waals surface area contributed by atoms with Gasteiger partial charge in [0.1, 0.15) is 0 Å². The molecule has 0 bridgehead atoms. The minimum atomic E-state index is -0.233. The molecule has 1 rings (SSSR count). The lowest BCUT2D eigenvalue weighted by Crippen LogP contribution is -2.35. The van der Waals surface area contributed by atoms with E-state index < -0.39 is 0 Å². The summed E-state index contributed by atoms with van der Waals surface area (Å²) in [6.07, 6.45) is 0.624. The third kappa shape index (κ3) is 3.47. The molecule has 0 aromatic heterocycles. The van der Waals surface area contributed by atoms with Gasteiger partial charge in [-0.25, -0.2) is 0 Å². The minimum Gasteiger partial charge on any atom is -0.343 e. The summed E-state index contributed by atoms with van der Waals surface area (Å²) in [5.74, 6) is -0.123. The first-order valence-electron chi connectivity index (χ1n) is 6.38. The van der Waals surface area contributed by atoms with E-state index in [-0.39, 0.29) is 11.8 Å². The van der Waals surface area contributed by atoms with Crippen LogP contribution in [-0.2, 0) is 4.79 Å². The molecule has 0 fully saturated rings. The number of carbonyl (C=O) groups excluding carboxylic acids is 1. The first-order valence-corrected chi connectivity index (χ1v) is 6.76. The molecular weight excluding hydrogens is 248 g/mol. The van der Waals surface area contributed by atoms with Gasteiger partial charge in [-0.1, -0.05) is 29.8 Å². The summed E-state index contributed by atoms with van der Waals surface area (Å²) in [7, 11) is 0. The van der Waals surface area contributed by atoms with Crippen LogP contribution in [0.2, 0.25) is 5.02 Å². The van der Waals surface area contributed by atoms with Crippen molar-refractivity contribution in [2.75, 3.05) is 19.6 Å². The Morgan fingerprint density at radius 1 is 1.33 bits per heavy atom. The third-order valence-electron chi connectivity index (χ3n) is 3.11.